The molecule has 10 heteroatoms. The van der Waals surface area contributed by atoms with Gasteiger partial charge in [-0.2, -0.15) is 4.37 Å². The fourth-order valence-corrected chi connectivity index (χ4v) is 4.12. The Labute approximate surface area is 174 Å². The molecule has 3 rings (SSSR count). The number of nitrogens with zero attached hydrogens (tertiary/aromatic N) is 4. The van der Waals surface area contributed by atoms with Gasteiger partial charge in [-0.15, -0.1) is 0 Å². The first kappa shape index (κ1) is 20.8. The minimum atomic E-state index is -0.594. The van der Waals surface area contributed by atoms with Gasteiger partial charge in [0.1, 0.15) is 5.00 Å². The van der Waals surface area contributed by atoms with E-state index in [1.165, 1.54) is 16.4 Å². The molecule has 0 saturated carbocycles. The lowest BCUT2D eigenvalue weighted by Gasteiger charge is -2.41. The van der Waals surface area contributed by atoms with Gasteiger partial charge in [-0.25, -0.2) is 9.78 Å². The van der Waals surface area contributed by atoms with Gasteiger partial charge in [-0.3, -0.25) is 4.79 Å². The van der Waals surface area contributed by atoms with Gasteiger partial charge in [-0.1, -0.05) is 0 Å². The van der Waals surface area contributed by atoms with Crippen molar-refractivity contribution in [3.05, 3.63) is 29.7 Å². The van der Waals surface area contributed by atoms with Gasteiger partial charge in [0.2, 0.25) is 0 Å². The molecule has 2 aromatic rings. The van der Waals surface area contributed by atoms with Crippen molar-refractivity contribution >= 4 is 39.8 Å². The molecule has 4 N–H and O–H groups in total. The first-order chi connectivity index (χ1) is 13.8. The van der Waals surface area contributed by atoms with E-state index < -0.39 is 5.91 Å². The molecule has 9 nitrogen and oxygen atoms in total. The van der Waals surface area contributed by atoms with Crippen molar-refractivity contribution in [2.45, 2.75) is 38.8 Å². The predicted octanol–water partition coefficient (Wildman–Crippen LogP) is 2.32. The van der Waals surface area contributed by atoms with E-state index in [0.717, 1.165) is 35.8 Å². The number of hydrogen-bond donors (Lipinski definition) is 3. The van der Waals surface area contributed by atoms with Gasteiger partial charge in [0.25, 0.3) is 5.91 Å². The molecule has 2 atom stereocenters. The summed E-state index contributed by atoms with van der Waals surface area (Å²) in [4.78, 5) is 32.0. The molecule has 1 saturated heterocycles. The summed E-state index contributed by atoms with van der Waals surface area (Å²) in [7, 11) is 3.46. The lowest BCUT2D eigenvalue weighted by molar-refractivity contribution is 0.0996. The monoisotopic (exact) mass is 417 g/mol. The summed E-state index contributed by atoms with van der Waals surface area (Å²) in [6, 6.07) is 3.78. The number of aromatic nitrogens is 2. The van der Waals surface area contributed by atoms with E-state index in [4.69, 9.17) is 5.73 Å². The zero-order valence-electron chi connectivity index (χ0n) is 17.1. The second-order valence-corrected chi connectivity index (χ2v) is 8.24. The number of aryl methyl sites for hydroxylation is 1. The zero-order valence-corrected chi connectivity index (χ0v) is 17.9. The maximum absolute atomic E-state index is 12.1. The first-order valence-electron chi connectivity index (χ1n) is 9.51. The van der Waals surface area contributed by atoms with Crippen LogP contribution in [0.15, 0.2) is 18.3 Å². The molecule has 0 aromatic carbocycles. The number of piperidine rings is 1. The normalized spacial score (nSPS) is 19.0. The Morgan fingerprint density at radius 1 is 1.34 bits per heavy atom. The maximum Gasteiger partial charge on any atom is 0.317 e. The van der Waals surface area contributed by atoms with Crippen LogP contribution in [0.25, 0.3) is 0 Å². The lowest BCUT2D eigenvalue weighted by atomic mass is 9.97. The molecule has 1 fully saturated rings. The van der Waals surface area contributed by atoms with Crippen molar-refractivity contribution in [2.75, 3.05) is 30.9 Å². The Balaban J connectivity index is 1.86. The molecular formula is C19H27N7O2S. The molecule has 29 heavy (non-hydrogen) atoms. The van der Waals surface area contributed by atoms with Crippen LogP contribution in [0.2, 0.25) is 0 Å². The molecule has 1 aliphatic rings. The third kappa shape index (κ3) is 4.76. The summed E-state index contributed by atoms with van der Waals surface area (Å²) < 4.78 is 4.25. The molecule has 0 unspecified atom stereocenters. The highest BCUT2D eigenvalue weighted by atomic mass is 32.1. The van der Waals surface area contributed by atoms with Crippen LogP contribution in [-0.4, -0.2) is 58.9 Å². The number of rotatable bonds is 5. The first-order valence-corrected chi connectivity index (χ1v) is 10.3. The highest BCUT2D eigenvalue weighted by molar-refractivity contribution is 7.10. The van der Waals surface area contributed by atoms with Crippen LogP contribution in [0.4, 0.5) is 21.2 Å². The molecule has 3 heterocycles. The Bertz CT molecular complexity index is 898. The number of carbonyl (C=O) groups excluding carboxylic acids is 2. The molecule has 3 amide bonds. The Morgan fingerprint density at radius 2 is 2.10 bits per heavy atom. The van der Waals surface area contributed by atoms with Crippen LogP contribution in [0.3, 0.4) is 0 Å². The number of amides is 3. The van der Waals surface area contributed by atoms with E-state index in [9.17, 15) is 9.59 Å². The van der Waals surface area contributed by atoms with E-state index in [0.29, 0.717) is 5.69 Å². The van der Waals surface area contributed by atoms with Crippen molar-refractivity contribution in [1.29, 1.82) is 0 Å². The minimum absolute atomic E-state index is 0.0232. The third-order valence-corrected chi connectivity index (χ3v) is 5.82. The SMILES string of the molecule is Cc1cc(Nc2cc(N3CCC[C@@H](NC(=O)N(C)C)[C@H]3C)cnc2C(N)=O)sn1. The summed E-state index contributed by atoms with van der Waals surface area (Å²) in [5, 5.41) is 7.11. The summed E-state index contributed by atoms with van der Waals surface area (Å²) in [6.45, 7) is 4.83. The van der Waals surface area contributed by atoms with Crippen molar-refractivity contribution in [3.8, 4) is 0 Å². The maximum atomic E-state index is 12.1. The van der Waals surface area contributed by atoms with E-state index in [1.807, 2.05) is 19.1 Å². The molecule has 2 aromatic heterocycles. The second kappa shape index (κ2) is 8.64. The number of carbonyl (C=O) groups is 2. The molecule has 1 aliphatic heterocycles. The van der Waals surface area contributed by atoms with Gasteiger partial charge >= 0.3 is 6.03 Å². The van der Waals surface area contributed by atoms with Crippen molar-refractivity contribution in [1.82, 2.24) is 19.6 Å². The molecule has 0 radical (unpaired) electrons. The Morgan fingerprint density at radius 3 is 2.72 bits per heavy atom. The van der Waals surface area contributed by atoms with Crippen LogP contribution >= 0.6 is 11.5 Å². The number of nitrogens with one attached hydrogen (secondary N) is 2. The summed E-state index contributed by atoms with van der Waals surface area (Å²) in [6.07, 6.45) is 3.52. The quantitative estimate of drug-likeness (QED) is 0.687. The third-order valence-electron chi connectivity index (χ3n) is 5.03. The van der Waals surface area contributed by atoms with Crippen LogP contribution in [0, 0.1) is 6.92 Å². The van der Waals surface area contributed by atoms with E-state index in [-0.39, 0.29) is 23.8 Å². The minimum Gasteiger partial charge on any atom is -0.365 e. The topological polar surface area (TPSA) is 116 Å². The number of urea groups is 1. The largest absolute Gasteiger partial charge is 0.365 e. The highest BCUT2D eigenvalue weighted by Gasteiger charge is 2.30. The van der Waals surface area contributed by atoms with Crippen LogP contribution in [-0.2, 0) is 0 Å². The van der Waals surface area contributed by atoms with Crippen LogP contribution in [0.1, 0.15) is 35.9 Å². The van der Waals surface area contributed by atoms with E-state index in [1.54, 1.807) is 20.3 Å². The number of pyridine rings is 1. The average Bonchev–Trinajstić information content (AvgIpc) is 3.07. The van der Waals surface area contributed by atoms with Gasteiger partial charge < -0.3 is 26.2 Å². The second-order valence-electron chi connectivity index (χ2n) is 7.44. The van der Waals surface area contributed by atoms with Crippen LogP contribution in [0.5, 0.6) is 0 Å². The summed E-state index contributed by atoms with van der Waals surface area (Å²) in [5.74, 6) is -0.594. The van der Waals surface area contributed by atoms with Gasteiger partial charge in [0.15, 0.2) is 5.69 Å². The fraction of sp³-hybridized carbons (Fsp3) is 0.474. The van der Waals surface area contributed by atoms with Gasteiger partial charge in [-0.05, 0) is 50.4 Å². The lowest BCUT2D eigenvalue weighted by Crippen LogP contribution is -2.55. The highest BCUT2D eigenvalue weighted by Crippen LogP contribution is 2.30. The molecule has 0 aliphatic carbocycles. The van der Waals surface area contributed by atoms with Gasteiger partial charge in [0.05, 0.1) is 29.3 Å². The fourth-order valence-electron chi connectivity index (χ4n) is 3.45. The van der Waals surface area contributed by atoms with E-state index in [2.05, 4.69) is 31.8 Å². The average molecular weight is 418 g/mol. The molecule has 0 spiro atoms. The Hall–Kier alpha value is -2.88. The standard InChI is InChI=1S/C19H27N7O2S/c1-11-8-16(29-24-11)22-15-9-13(10-21-17(15)18(20)27)26-7-5-6-14(12(26)2)23-19(28)25(3)4/h8-10,12,14,22H,5-7H2,1-4H3,(H2,20,27)(H,23,28)/t12-,14-/m1/s1. The number of nitrogens with two attached hydrogens (primary N) is 1. The number of hydrogen-bond acceptors (Lipinski definition) is 7. The van der Waals surface area contributed by atoms with E-state index >= 15 is 0 Å². The molecule has 0 bridgehead atoms. The molecule has 156 valence electrons. The van der Waals surface area contributed by atoms with Crippen molar-refractivity contribution < 1.29 is 9.59 Å². The Kier molecular flexibility index (Phi) is 6.21. The van der Waals surface area contributed by atoms with Crippen molar-refractivity contribution in [3.63, 3.8) is 0 Å². The predicted molar refractivity (Wildman–Crippen MR) is 115 cm³/mol. The van der Waals surface area contributed by atoms with Crippen LogP contribution < -0.4 is 21.3 Å². The number of primary amides is 1. The van der Waals surface area contributed by atoms with Gasteiger partial charge in [0, 0.05) is 26.7 Å². The summed E-state index contributed by atoms with van der Waals surface area (Å²) in [5.41, 5.74) is 8.01. The number of anilines is 3. The van der Waals surface area contributed by atoms with Crippen molar-refractivity contribution in [2.24, 2.45) is 5.73 Å². The zero-order chi connectivity index (χ0) is 21.1. The summed E-state index contributed by atoms with van der Waals surface area (Å²) >= 11 is 1.31. The molecular weight excluding hydrogens is 390 g/mol. The smallest absolute Gasteiger partial charge is 0.317 e.